The Hall–Kier alpha value is -2.64. The van der Waals surface area contributed by atoms with Crippen LogP contribution in [0.1, 0.15) is 12.6 Å². The largest absolute Gasteiger partial charge is 0.421 e. The average molecular weight is 248 g/mol. The number of rotatable bonds is 4. The molecule has 0 unspecified atom stereocenters. The summed E-state index contributed by atoms with van der Waals surface area (Å²) in [5, 5.41) is 15.5. The number of hydrogen-bond donors (Lipinski definition) is 2. The maximum atomic E-state index is 8.55. The number of aryl methyl sites for hydroxylation is 1. The fourth-order valence-corrected chi connectivity index (χ4v) is 1.26. The highest BCUT2D eigenvalue weighted by Gasteiger charge is 2.06. The van der Waals surface area contributed by atoms with Gasteiger partial charge in [0, 0.05) is 12.7 Å². The van der Waals surface area contributed by atoms with E-state index < -0.39 is 0 Å². The molecule has 2 aromatic heterocycles. The van der Waals surface area contributed by atoms with Gasteiger partial charge in [0.05, 0.1) is 12.4 Å². The van der Waals surface area contributed by atoms with Crippen LogP contribution < -0.4 is 10.5 Å². The number of oxime groups is 1. The van der Waals surface area contributed by atoms with Gasteiger partial charge in [-0.15, -0.1) is 0 Å². The van der Waals surface area contributed by atoms with Gasteiger partial charge in [-0.1, -0.05) is 5.16 Å². The molecule has 8 nitrogen and oxygen atoms in total. The average Bonchev–Trinajstić information content (AvgIpc) is 2.86. The van der Waals surface area contributed by atoms with Crippen molar-refractivity contribution in [1.82, 2.24) is 19.7 Å². The minimum Gasteiger partial charge on any atom is -0.421 e. The third-order valence-corrected chi connectivity index (χ3v) is 2.15. The Labute approximate surface area is 103 Å². The van der Waals surface area contributed by atoms with Crippen LogP contribution in [0, 0.1) is 0 Å². The first-order valence-electron chi connectivity index (χ1n) is 5.24. The van der Waals surface area contributed by atoms with Crippen LogP contribution in [0.25, 0.3) is 0 Å². The van der Waals surface area contributed by atoms with Gasteiger partial charge < -0.3 is 15.7 Å². The molecule has 0 spiro atoms. The number of hydrogen-bond acceptors (Lipinski definition) is 6. The Bertz CT molecular complexity index is 565. The van der Waals surface area contributed by atoms with Gasteiger partial charge >= 0.3 is 6.01 Å². The summed E-state index contributed by atoms with van der Waals surface area (Å²) in [5.74, 6) is 0.417. The van der Waals surface area contributed by atoms with Crippen LogP contribution in [-0.4, -0.2) is 30.8 Å². The van der Waals surface area contributed by atoms with E-state index in [1.807, 2.05) is 6.92 Å². The second kappa shape index (κ2) is 5.13. The Morgan fingerprint density at radius 3 is 3.11 bits per heavy atom. The van der Waals surface area contributed by atoms with Crippen molar-refractivity contribution in [2.45, 2.75) is 13.5 Å². The quantitative estimate of drug-likeness (QED) is 0.354. The first-order valence-corrected chi connectivity index (χ1v) is 5.24. The Morgan fingerprint density at radius 1 is 1.61 bits per heavy atom. The molecule has 0 aliphatic heterocycles. The molecule has 2 aromatic rings. The van der Waals surface area contributed by atoms with E-state index in [4.69, 9.17) is 15.7 Å². The summed E-state index contributed by atoms with van der Waals surface area (Å²) in [6.45, 7) is 2.71. The van der Waals surface area contributed by atoms with E-state index in [1.54, 1.807) is 17.1 Å². The molecule has 0 bridgehead atoms. The third kappa shape index (κ3) is 2.54. The van der Waals surface area contributed by atoms with E-state index in [1.165, 1.54) is 12.3 Å². The summed E-state index contributed by atoms with van der Waals surface area (Å²) < 4.78 is 7.11. The number of nitrogens with two attached hydrogens (primary N) is 1. The van der Waals surface area contributed by atoms with E-state index >= 15 is 0 Å². The predicted octanol–water partition coefficient (Wildman–Crippen LogP) is 0.580. The summed E-state index contributed by atoms with van der Waals surface area (Å²) in [4.78, 5) is 7.91. The van der Waals surface area contributed by atoms with Crippen molar-refractivity contribution in [1.29, 1.82) is 0 Å². The van der Waals surface area contributed by atoms with Gasteiger partial charge in [0.2, 0.25) is 0 Å². The zero-order valence-electron chi connectivity index (χ0n) is 9.69. The first-order chi connectivity index (χ1) is 8.72. The summed E-state index contributed by atoms with van der Waals surface area (Å²) in [7, 11) is 0. The van der Waals surface area contributed by atoms with Gasteiger partial charge in [-0.2, -0.15) is 10.1 Å². The fourth-order valence-electron chi connectivity index (χ4n) is 1.26. The van der Waals surface area contributed by atoms with E-state index in [0.29, 0.717) is 5.75 Å². The van der Waals surface area contributed by atoms with Crippen molar-refractivity contribution in [3.05, 3.63) is 30.4 Å². The predicted molar refractivity (Wildman–Crippen MR) is 62.5 cm³/mol. The number of ether oxygens (including phenoxy) is 1. The van der Waals surface area contributed by atoms with Crippen molar-refractivity contribution < 1.29 is 9.94 Å². The van der Waals surface area contributed by atoms with Crippen molar-refractivity contribution >= 4 is 5.84 Å². The van der Waals surface area contributed by atoms with Crippen molar-refractivity contribution in [2.75, 3.05) is 0 Å². The maximum absolute atomic E-state index is 8.55. The molecular weight excluding hydrogens is 236 g/mol. The molecule has 0 saturated heterocycles. The molecule has 0 fully saturated rings. The van der Waals surface area contributed by atoms with Gasteiger partial charge in [0.1, 0.15) is 5.69 Å². The SMILES string of the molecule is CCn1cc(Oc2nccc(/C(N)=N/O)n2)cn1. The van der Waals surface area contributed by atoms with E-state index in [0.717, 1.165) is 6.54 Å². The minimum absolute atomic E-state index is 0.105. The van der Waals surface area contributed by atoms with Gasteiger partial charge in [0.25, 0.3) is 0 Å². The standard InChI is InChI=1S/C10H12N6O2/c1-2-16-6-7(5-13-16)18-10-12-4-3-8(14-10)9(11)15-17/h3-6,17H,2H2,1H3,(H2,11,15). The fraction of sp³-hybridized carbons (Fsp3) is 0.200. The molecule has 2 rings (SSSR count). The molecule has 2 heterocycles. The van der Waals surface area contributed by atoms with Crippen LogP contribution in [0.2, 0.25) is 0 Å². The molecule has 0 amide bonds. The second-order valence-corrected chi connectivity index (χ2v) is 3.34. The van der Waals surface area contributed by atoms with E-state index in [9.17, 15) is 0 Å². The first kappa shape index (κ1) is 11.8. The molecule has 0 aliphatic rings. The van der Waals surface area contributed by atoms with Gasteiger partial charge in [-0.25, -0.2) is 4.98 Å². The van der Waals surface area contributed by atoms with E-state index in [-0.39, 0.29) is 17.5 Å². The van der Waals surface area contributed by atoms with Crippen molar-refractivity contribution in [3.63, 3.8) is 0 Å². The lowest BCUT2D eigenvalue weighted by atomic mass is 10.4. The van der Waals surface area contributed by atoms with Gasteiger partial charge in [-0.3, -0.25) is 4.68 Å². The third-order valence-electron chi connectivity index (χ3n) is 2.15. The number of nitrogens with zero attached hydrogens (tertiary/aromatic N) is 5. The zero-order valence-corrected chi connectivity index (χ0v) is 9.69. The van der Waals surface area contributed by atoms with Crippen LogP contribution in [-0.2, 0) is 6.54 Å². The van der Waals surface area contributed by atoms with Crippen LogP contribution in [0.3, 0.4) is 0 Å². The number of aromatic nitrogens is 4. The molecule has 0 aliphatic carbocycles. The highest BCUT2D eigenvalue weighted by atomic mass is 16.5. The Morgan fingerprint density at radius 2 is 2.44 bits per heavy atom. The highest BCUT2D eigenvalue weighted by Crippen LogP contribution is 2.16. The topological polar surface area (TPSA) is 111 Å². The van der Waals surface area contributed by atoms with Crippen molar-refractivity contribution in [2.24, 2.45) is 10.9 Å². The van der Waals surface area contributed by atoms with Crippen LogP contribution in [0.4, 0.5) is 0 Å². The molecule has 0 saturated carbocycles. The minimum atomic E-state index is -0.105. The summed E-state index contributed by atoms with van der Waals surface area (Å²) >= 11 is 0. The second-order valence-electron chi connectivity index (χ2n) is 3.34. The van der Waals surface area contributed by atoms with Crippen molar-refractivity contribution in [3.8, 4) is 11.8 Å². The lowest BCUT2D eigenvalue weighted by Crippen LogP contribution is -2.15. The maximum Gasteiger partial charge on any atom is 0.322 e. The van der Waals surface area contributed by atoms with Crippen LogP contribution in [0.15, 0.2) is 29.8 Å². The summed E-state index contributed by atoms with van der Waals surface area (Å²) in [5.41, 5.74) is 5.70. The van der Waals surface area contributed by atoms with Crippen LogP contribution in [0.5, 0.6) is 11.8 Å². The monoisotopic (exact) mass is 248 g/mol. The molecule has 18 heavy (non-hydrogen) atoms. The normalized spacial score (nSPS) is 11.5. The summed E-state index contributed by atoms with van der Waals surface area (Å²) in [6, 6.07) is 1.62. The molecule has 8 heteroatoms. The zero-order chi connectivity index (χ0) is 13.0. The smallest absolute Gasteiger partial charge is 0.322 e. The molecule has 0 aromatic carbocycles. The summed E-state index contributed by atoms with van der Waals surface area (Å²) in [6.07, 6.45) is 4.74. The molecule has 94 valence electrons. The molecule has 0 radical (unpaired) electrons. The Balaban J connectivity index is 2.19. The number of amidine groups is 1. The Kier molecular flexibility index (Phi) is 3.37. The molecule has 3 N–H and O–H groups in total. The molecular formula is C10H12N6O2. The van der Waals surface area contributed by atoms with E-state index in [2.05, 4.69) is 20.2 Å². The lowest BCUT2D eigenvalue weighted by Gasteiger charge is -2.02. The van der Waals surface area contributed by atoms with Gasteiger partial charge in [-0.05, 0) is 13.0 Å². The van der Waals surface area contributed by atoms with Crippen LogP contribution >= 0.6 is 0 Å². The molecule has 0 atom stereocenters. The van der Waals surface area contributed by atoms with Gasteiger partial charge in [0.15, 0.2) is 11.6 Å². The lowest BCUT2D eigenvalue weighted by molar-refractivity contribution is 0.318. The highest BCUT2D eigenvalue weighted by molar-refractivity contribution is 5.95.